The predicted octanol–water partition coefficient (Wildman–Crippen LogP) is 1.27. The highest BCUT2D eigenvalue weighted by molar-refractivity contribution is 4.76. The Morgan fingerprint density at radius 2 is 2.20 bits per heavy atom. The van der Waals surface area contributed by atoms with Crippen LogP contribution in [0.4, 0.5) is 0 Å². The van der Waals surface area contributed by atoms with Gasteiger partial charge in [0.2, 0.25) is 0 Å². The molecule has 15 heavy (non-hydrogen) atoms. The molecule has 0 aromatic heterocycles. The average molecular weight is 214 g/mol. The third-order valence-corrected chi connectivity index (χ3v) is 3.11. The van der Waals surface area contributed by atoms with Crippen molar-refractivity contribution in [2.45, 2.75) is 64.1 Å². The van der Waals surface area contributed by atoms with Gasteiger partial charge in [-0.3, -0.25) is 0 Å². The summed E-state index contributed by atoms with van der Waals surface area (Å²) in [7, 11) is 0. The number of nitrogens with one attached hydrogen (secondary N) is 2. The first-order valence-corrected chi connectivity index (χ1v) is 6.33. The van der Waals surface area contributed by atoms with Crippen molar-refractivity contribution in [1.82, 2.24) is 10.6 Å². The molecule has 1 rings (SSSR count). The molecule has 0 bridgehead atoms. The van der Waals surface area contributed by atoms with Gasteiger partial charge in [0.15, 0.2) is 0 Å². The topological polar surface area (TPSA) is 44.3 Å². The predicted molar refractivity (Wildman–Crippen MR) is 64.0 cm³/mol. The van der Waals surface area contributed by atoms with E-state index in [0.29, 0.717) is 12.1 Å². The van der Waals surface area contributed by atoms with Crippen molar-refractivity contribution in [2.24, 2.45) is 0 Å². The fourth-order valence-corrected chi connectivity index (χ4v) is 2.17. The van der Waals surface area contributed by atoms with Crippen molar-refractivity contribution < 1.29 is 5.11 Å². The number of aliphatic hydroxyl groups is 1. The quantitative estimate of drug-likeness (QED) is 0.624. The molecule has 1 fully saturated rings. The first kappa shape index (κ1) is 12.9. The SMILES string of the molecule is CC(O)CCNC(C)CC1CCCCN1. The molecule has 3 atom stereocenters. The van der Waals surface area contributed by atoms with Crippen LogP contribution in [0.2, 0.25) is 0 Å². The molecule has 0 aromatic rings. The smallest absolute Gasteiger partial charge is 0.0524 e. The van der Waals surface area contributed by atoms with Crippen LogP contribution in [0.5, 0.6) is 0 Å². The summed E-state index contributed by atoms with van der Waals surface area (Å²) in [5.74, 6) is 0. The summed E-state index contributed by atoms with van der Waals surface area (Å²) in [6.45, 7) is 6.18. The summed E-state index contributed by atoms with van der Waals surface area (Å²) in [5.41, 5.74) is 0. The van der Waals surface area contributed by atoms with Crippen LogP contribution >= 0.6 is 0 Å². The lowest BCUT2D eigenvalue weighted by Crippen LogP contribution is -2.40. The summed E-state index contributed by atoms with van der Waals surface area (Å²) in [5, 5.41) is 16.2. The number of hydrogen-bond donors (Lipinski definition) is 3. The fraction of sp³-hybridized carbons (Fsp3) is 1.00. The lowest BCUT2D eigenvalue weighted by molar-refractivity contribution is 0.181. The van der Waals surface area contributed by atoms with Crippen LogP contribution in [0, 0.1) is 0 Å². The summed E-state index contributed by atoms with van der Waals surface area (Å²) < 4.78 is 0. The molecular formula is C12H26N2O. The summed E-state index contributed by atoms with van der Waals surface area (Å²) >= 11 is 0. The Labute approximate surface area is 93.6 Å². The molecule has 0 saturated carbocycles. The number of rotatable bonds is 6. The minimum absolute atomic E-state index is 0.183. The second kappa shape index (κ2) is 7.20. The Kier molecular flexibility index (Phi) is 6.22. The number of aliphatic hydroxyl groups excluding tert-OH is 1. The van der Waals surface area contributed by atoms with Crippen molar-refractivity contribution >= 4 is 0 Å². The highest BCUT2D eigenvalue weighted by atomic mass is 16.3. The van der Waals surface area contributed by atoms with E-state index in [4.69, 9.17) is 5.11 Å². The van der Waals surface area contributed by atoms with Gasteiger partial charge in [0.05, 0.1) is 6.10 Å². The van der Waals surface area contributed by atoms with Gasteiger partial charge in [-0.15, -0.1) is 0 Å². The van der Waals surface area contributed by atoms with E-state index in [0.717, 1.165) is 13.0 Å². The van der Waals surface area contributed by atoms with Crippen LogP contribution in [0.3, 0.4) is 0 Å². The van der Waals surface area contributed by atoms with Crippen LogP contribution in [0.25, 0.3) is 0 Å². The second-order valence-corrected chi connectivity index (χ2v) is 4.88. The van der Waals surface area contributed by atoms with E-state index in [9.17, 15) is 0 Å². The molecule has 0 radical (unpaired) electrons. The zero-order valence-corrected chi connectivity index (χ0v) is 10.1. The standard InChI is InChI=1S/C12H26N2O/c1-10(13-8-6-11(2)15)9-12-5-3-4-7-14-12/h10-15H,3-9H2,1-2H3. The number of piperidine rings is 1. The molecule has 0 aromatic carbocycles. The molecule has 3 nitrogen and oxygen atoms in total. The highest BCUT2D eigenvalue weighted by Crippen LogP contribution is 2.11. The Morgan fingerprint density at radius 3 is 2.80 bits per heavy atom. The molecule has 1 saturated heterocycles. The maximum absolute atomic E-state index is 9.13. The van der Waals surface area contributed by atoms with E-state index in [1.54, 1.807) is 0 Å². The third-order valence-electron chi connectivity index (χ3n) is 3.11. The van der Waals surface area contributed by atoms with E-state index in [1.165, 1.54) is 32.2 Å². The Balaban J connectivity index is 2.03. The Hall–Kier alpha value is -0.120. The summed E-state index contributed by atoms with van der Waals surface area (Å²) in [6.07, 6.45) is 5.90. The van der Waals surface area contributed by atoms with E-state index >= 15 is 0 Å². The number of hydrogen-bond acceptors (Lipinski definition) is 3. The van der Waals surface area contributed by atoms with E-state index in [-0.39, 0.29) is 6.10 Å². The van der Waals surface area contributed by atoms with Gasteiger partial charge in [0, 0.05) is 12.1 Å². The van der Waals surface area contributed by atoms with Gasteiger partial charge in [-0.25, -0.2) is 0 Å². The van der Waals surface area contributed by atoms with Gasteiger partial charge in [0.25, 0.3) is 0 Å². The minimum atomic E-state index is -0.183. The molecule has 90 valence electrons. The van der Waals surface area contributed by atoms with Crippen LogP contribution in [-0.2, 0) is 0 Å². The lowest BCUT2D eigenvalue weighted by Gasteiger charge is -2.26. The van der Waals surface area contributed by atoms with Gasteiger partial charge < -0.3 is 15.7 Å². The van der Waals surface area contributed by atoms with Crippen LogP contribution in [0.1, 0.15) is 46.0 Å². The molecule has 3 unspecified atom stereocenters. The van der Waals surface area contributed by atoms with Gasteiger partial charge in [-0.2, -0.15) is 0 Å². The maximum atomic E-state index is 9.13. The molecule has 3 N–H and O–H groups in total. The molecular weight excluding hydrogens is 188 g/mol. The molecule has 0 amide bonds. The maximum Gasteiger partial charge on any atom is 0.0524 e. The molecule has 1 aliphatic heterocycles. The first-order valence-electron chi connectivity index (χ1n) is 6.33. The molecule has 0 aliphatic carbocycles. The van der Waals surface area contributed by atoms with Gasteiger partial charge in [-0.1, -0.05) is 6.42 Å². The summed E-state index contributed by atoms with van der Waals surface area (Å²) in [4.78, 5) is 0. The van der Waals surface area contributed by atoms with Crippen LogP contribution in [-0.4, -0.2) is 36.4 Å². The molecule has 1 heterocycles. The molecule has 1 aliphatic rings. The average Bonchev–Trinajstić information content (AvgIpc) is 2.18. The van der Waals surface area contributed by atoms with Crippen molar-refractivity contribution in [2.75, 3.05) is 13.1 Å². The molecule has 0 spiro atoms. The largest absolute Gasteiger partial charge is 0.393 e. The van der Waals surface area contributed by atoms with E-state index < -0.39 is 0 Å². The Bertz CT molecular complexity index is 156. The van der Waals surface area contributed by atoms with Crippen molar-refractivity contribution in [3.05, 3.63) is 0 Å². The van der Waals surface area contributed by atoms with E-state index in [1.807, 2.05) is 6.92 Å². The van der Waals surface area contributed by atoms with Crippen molar-refractivity contribution in [3.8, 4) is 0 Å². The van der Waals surface area contributed by atoms with Crippen LogP contribution < -0.4 is 10.6 Å². The highest BCUT2D eigenvalue weighted by Gasteiger charge is 2.15. The normalized spacial score (nSPS) is 26.2. The van der Waals surface area contributed by atoms with Crippen molar-refractivity contribution in [3.63, 3.8) is 0 Å². The monoisotopic (exact) mass is 214 g/mol. The second-order valence-electron chi connectivity index (χ2n) is 4.88. The van der Waals surface area contributed by atoms with Gasteiger partial charge >= 0.3 is 0 Å². The zero-order chi connectivity index (χ0) is 11.1. The van der Waals surface area contributed by atoms with Crippen molar-refractivity contribution in [1.29, 1.82) is 0 Å². The fourth-order valence-electron chi connectivity index (χ4n) is 2.17. The van der Waals surface area contributed by atoms with Gasteiger partial charge in [0.1, 0.15) is 0 Å². The molecule has 3 heteroatoms. The summed E-state index contributed by atoms with van der Waals surface area (Å²) in [6, 6.07) is 1.26. The van der Waals surface area contributed by atoms with Crippen LogP contribution in [0.15, 0.2) is 0 Å². The Morgan fingerprint density at radius 1 is 1.40 bits per heavy atom. The zero-order valence-electron chi connectivity index (χ0n) is 10.1. The van der Waals surface area contributed by atoms with E-state index in [2.05, 4.69) is 17.6 Å². The minimum Gasteiger partial charge on any atom is -0.393 e. The first-order chi connectivity index (χ1) is 7.18. The van der Waals surface area contributed by atoms with Gasteiger partial charge in [-0.05, 0) is 52.6 Å². The third kappa shape index (κ3) is 6.13. The lowest BCUT2D eigenvalue weighted by atomic mass is 9.99.